The van der Waals surface area contributed by atoms with Crippen LogP contribution in [-0.4, -0.2) is 22.5 Å². The Morgan fingerprint density at radius 2 is 2.06 bits per heavy atom. The number of nitrogens with zero attached hydrogens (tertiary/aromatic N) is 1. The maximum absolute atomic E-state index is 8.95. The molecule has 0 aliphatic carbocycles. The maximum atomic E-state index is 8.95. The van der Waals surface area contributed by atoms with Gasteiger partial charge in [0.2, 0.25) is 0 Å². The molecule has 84 valence electrons. The topological polar surface area (TPSA) is 33.1 Å². The second-order valence-corrected chi connectivity index (χ2v) is 4.98. The van der Waals surface area contributed by atoms with E-state index in [2.05, 4.69) is 17.1 Å². The molecule has 0 radical (unpaired) electrons. The lowest BCUT2D eigenvalue weighted by molar-refractivity contribution is 0.250. The Bertz CT molecular complexity index is 472. The summed E-state index contributed by atoms with van der Waals surface area (Å²) in [5, 5.41) is 11.1. The molecule has 1 N–H and O–H groups in total. The number of hydrogen-bond acceptors (Lipinski definition) is 3. The molecule has 2 aromatic rings. The molecule has 16 heavy (non-hydrogen) atoms. The van der Waals surface area contributed by atoms with Crippen LogP contribution in [0.5, 0.6) is 0 Å². The van der Waals surface area contributed by atoms with E-state index in [1.54, 1.807) is 11.8 Å². The Balaban J connectivity index is 2.13. The molecule has 0 aliphatic heterocycles. The molecule has 0 amide bonds. The average molecular weight is 233 g/mol. The molecule has 2 rings (SSSR count). The van der Waals surface area contributed by atoms with Crippen molar-refractivity contribution >= 4 is 22.7 Å². The first-order chi connectivity index (χ1) is 7.79. The van der Waals surface area contributed by atoms with Crippen molar-refractivity contribution in [3.05, 3.63) is 36.4 Å². The molecular formula is C13H15NOS. The van der Waals surface area contributed by atoms with E-state index in [0.717, 1.165) is 16.3 Å². The molecule has 1 heterocycles. The van der Waals surface area contributed by atoms with Crippen LogP contribution in [0.4, 0.5) is 0 Å². The average Bonchev–Trinajstić information content (AvgIpc) is 2.35. The highest BCUT2D eigenvalue weighted by Gasteiger charge is 2.03. The molecule has 0 fully saturated rings. The molecule has 1 aromatic heterocycles. The molecular weight excluding hydrogens is 218 g/mol. The second kappa shape index (κ2) is 5.32. The lowest BCUT2D eigenvalue weighted by Gasteiger charge is -2.06. The van der Waals surface area contributed by atoms with Crippen LogP contribution >= 0.6 is 11.8 Å². The van der Waals surface area contributed by atoms with Crippen LogP contribution < -0.4 is 0 Å². The summed E-state index contributed by atoms with van der Waals surface area (Å²) in [7, 11) is 0. The van der Waals surface area contributed by atoms with Gasteiger partial charge in [0.05, 0.1) is 10.5 Å². The fourth-order valence-corrected chi connectivity index (χ4v) is 2.30. The highest BCUT2D eigenvalue weighted by Crippen LogP contribution is 2.21. The van der Waals surface area contributed by atoms with E-state index >= 15 is 0 Å². The smallest absolute Gasteiger partial charge is 0.0967 e. The first kappa shape index (κ1) is 11.4. The summed E-state index contributed by atoms with van der Waals surface area (Å²) in [4.78, 5) is 4.56. The van der Waals surface area contributed by atoms with Gasteiger partial charge in [0, 0.05) is 17.7 Å². The van der Waals surface area contributed by atoms with Crippen LogP contribution in [0.15, 0.2) is 41.4 Å². The Morgan fingerprint density at radius 1 is 1.25 bits per heavy atom. The van der Waals surface area contributed by atoms with Gasteiger partial charge in [-0.2, -0.15) is 0 Å². The summed E-state index contributed by atoms with van der Waals surface area (Å²) in [5.74, 6) is 1.22. The predicted octanol–water partition coefficient (Wildman–Crippen LogP) is 2.96. The van der Waals surface area contributed by atoms with Gasteiger partial charge in [0.1, 0.15) is 0 Å². The van der Waals surface area contributed by atoms with E-state index in [9.17, 15) is 0 Å². The number of thioether (sulfide) groups is 1. The van der Waals surface area contributed by atoms with Gasteiger partial charge in [-0.1, -0.05) is 31.2 Å². The van der Waals surface area contributed by atoms with Crippen LogP contribution in [0.25, 0.3) is 10.9 Å². The van der Waals surface area contributed by atoms with E-state index in [0.29, 0.717) is 5.92 Å². The molecule has 1 unspecified atom stereocenters. The van der Waals surface area contributed by atoms with E-state index in [4.69, 9.17) is 5.11 Å². The molecule has 0 saturated heterocycles. The fraction of sp³-hybridized carbons (Fsp3) is 0.308. The largest absolute Gasteiger partial charge is 0.396 e. The Labute approximate surface area is 99.7 Å². The Kier molecular flexibility index (Phi) is 3.80. The molecule has 2 nitrogen and oxygen atoms in total. The van der Waals surface area contributed by atoms with Crippen molar-refractivity contribution in [1.82, 2.24) is 4.98 Å². The number of hydrogen-bond donors (Lipinski definition) is 1. The lowest BCUT2D eigenvalue weighted by Crippen LogP contribution is -2.03. The first-order valence-electron chi connectivity index (χ1n) is 5.39. The number of benzene rings is 1. The van der Waals surface area contributed by atoms with Crippen LogP contribution in [0.1, 0.15) is 6.92 Å². The summed E-state index contributed by atoms with van der Waals surface area (Å²) in [5.41, 5.74) is 1.03. The minimum absolute atomic E-state index is 0.237. The third kappa shape index (κ3) is 2.74. The number of aromatic nitrogens is 1. The number of pyridine rings is 1. The van der Waals surface area contributed by atoms with Gasteiger partial charge < -0.3 is 5.11 Å². The van der Waals surface area contributed by atoms with Crippen LogP contribution in [0.2, 0.25) is 0 Å². The summed E-state index contributed by atoms with van der Waals surface area (Å²) >= 11 is 1.70. The van der Waals surface area contributed by atoms with Crippen LogP contribution in [-0.2, 0) is 0 Å². The van der Waals surface area contributed by atoms with Gasteiger partial charge in [-0.15, -0.1) is 11.8 Å². The van der Waals surface area contributed by atoms with E-state index in [1.807, 2.05) is 31.2 Å². The van der Waals surface area contributed by atoms with Crippen molar-refractivity contribution in [2.24, 2.45) is 5.92 Å². The molecule has 0 aliphatic rings. The van der Waals surface area contributed by atoms with Crippen molar-refractivity contribution in [3.63, 3.8) is 0 Å². The molecule has 0 spiro atoms. The van der Waals surface area contributed by atoms with Crippen molar-refractivity contribution in [1.29, 1.82) is 0 Å². The van der Waals surface area contributed by atoms with Gasteiger partial charge >= 0.3 is 0 Å². The fourth-order valence-electron chi connectivity index (χ4n) is 1.41. The Morgan fingerprint density at radius 3 is 2.88 bits per heavy atom. The minimum Gasteiger partial charge on any atom is -0.396 e. The maximum Gasteiger partial charge on any atom is 0.0967 e. The zero-order chi connectivity index (χ0) is 11.4. The number of aliphatic hydroxyl groups is 1. The van der Waals surface area contributed by atoms with Crippen molar-refractivity contribution in [3.8, 4) is 0 Å². The normalized spacial score (nSPS) is 12.9. The molecule has 1 aromatic carbocycles. The zero-order valence-electron chi connectivity index (χ0n) is 9.26. The third-order valence-corrected chi connectivity index (χ3v) is 3.66. The van der Waals surface area contributed by atoms with E-state index in [-0.39, 0.29) is 6.61 Å². The number of rotatable bonds is 4. The number of aliphatic hydroxyl groups excluding tert-OH is 1. The van der Waals surface area contributed by atoms with Crippen LogP contribution in [0.3, 0.4) is 0 Å². The van der Waals surface area contributed by atoms with Gasteiger partial charge in [0.15, 0.2) is 0 Å². The summed E-state index contributed by atoms with van der Waals surface area (Å²) < 4.78 is 0. The highest BCUT2D eigenvalue weighted by molar-refractivity contribution is 7.99. The standard InChI is InChI=1S/C13H15NOS/c1-10(8-15)9-16-13-7-6-11-4-2-3-5-12(11)14-13/h2-7,10,15H,8-9H2,1H3. The first-order valence-corrected chi connectivity index (χ1v) is 6.37. The third-order valence-electron chi connectivity index (χ3n) is 2.40. The van der Waals surface area contributed by atoms with Crippen molar-refractivity contribution in [2.75, 3.05) is 12.4 Å². The van der Waals surface area contributed by atoms with E-state index in [1.165, 1.54) is 5.39 Å². The van der Waals surface area contributed by atoms with Gasteiger partial charge in [-0.3, -0.25) is 0 Å². The van der Waals surface area contributed by atoms with Crippen LogP contribution in [0, 0.1) is 5.92 Å². The summed E-state index contributed by atoms with van der Waals surface area (Å²) in [6, 6.07) is 12.2. The highest BCUT2D eigenvalue weighted by atomic mass is 32.2. The SMILES string of the molecule is CC(CO)CSc1ccc2ccccc2n1. The predicted molar refractivity (Wildman–Crippen MR) is 68.7 cm³/mol. The van der Waals surface area contributed by atoms with E-state index < -0.39 is 0 Å². The molecule has 1 atom stereocenters. The van der Waals surface area contributed by atoms with Gasteiger partial charge in [0.25, 0.3) is 0 Å². The molecule has 0 bridgehead atoms. The summed E-state index contributed by atoms with van der Waals surface area (Å²) in [6.45, 7) is 2.27. The quantitative estimate of drug-likeness (QED) is 0.824. The van der Waals surface area contributed by atoms with Gasteiger partial charge in [-0.05, 0) is 18.1 Å². The monoisotopic (exact) mass is 233 g/mol. The number of para-hydroxylation sites is 1. The molecule has 0 saturated carbocycles. The van der Waals surface area contributed by atoms with Crippen molar-refractivity contribution < 1.29 is 5.11 Å². The van der Waals surface area contributed by atoms with Crippen molar-refractivity contribution in [2.45, 2.75) is 11.9 Å². The minimum atomic E-state index is 0.237. The number of fused-ring (bicyclic) bond motifs is 1. The second-order valence-electron chi connectivity index (χ2n) is 3.94. The zero-order valence-corrected chi connectivity index (χ0v) is 10.1. The lowest BCUT2D eigenvalue weighted by atomic mass is 10.2. The Hall–Kier alpha value is -1.06. The summed E-state index contributed by atoms with van der Waals surface area (Å²) in [6.07, 6.45) is 0. The molecule has 3 heteroatoms. The van der Waals surface area contributed by atoms with Gasteiger partial charge in [-0.25, -0.2) is 4.98 Å².